The molecule has 1 heterocycles. The maximum atomic E-state index is 11.5. The molecule has 6 nitrogen and oxygen atoms in total. The predicted molar refractivity (Wildman–Crippen MR) is 56.5 cm³/mol. The molecule has 0 saturated heterocycles. The van der Waals surface area contributed by atoms with Crippen molar-refractivity contribution >= 4 is 5.91 Å². The minimum absolute atomic E-state index is 0.0488. The van der Waals surface area contributed by atoms with Gasteiger partial charge in [-0.2, -0.15) is 5.21 Å². The molecule has 6 heteroatoms. The van der Waals surface area contributed by atoms with Crippen LogP contribution in [0.3, 0.4) is 0 Å². The van der Waals surface area contributed by atoms with Crippen LogP contribution >= 0.6 is 0 Å². The topological polar surface area (TPSA) is 83.6 Å². The van der Waals surface area contributed by atoms with Gasteiger partial charge in [0.15, 0.2) is 0 Å². The summed E-state index contributed by atoms with van der Waals surface area (Å²) in [6.07, 6.45) is 0. The molecule has 1 aromatic heterocycles. The molecule has 0 atom stereocenters. The first-order valence-corrected chi connectivity index (χ1v) is 4.83. The number of aromatic amines is 1. The first-order chi connectivity index (χ1) is 7.75. The van der Waals surface area contributed by atoms with E-state index in [1.165, 1.54) is 0 Å². The van der Waals surface area contributed by atoms with Crippen LogP contribution in [0.2, 0.25) is 0 Å². The van der Waals surface area contributed by atoms with Crippen LogP contribution < -0.4 is 5.32 Å². The van der Waals surface area contributed by atoms with E-state index in [0.29, 0.717) is 6.54 Å². The van der Waals surface area contributed by atoms with E-state index in [-0.39, 0.29) is 11.7 Å². The summed E-state index contributed by atoms with van der Waals surface area (Å²) in [5.41, 5.74) is 2.20. The number of hydrogen-bond donors (Lipinski definition) is 2. The molecule has 0 saturated carbocycles. The zero-order valence-corrected chi connectivity index (χ0v) is 8.77. The molecular formula is C10H11N5O. The summed E-state index contributed by atoms with van der Waals surface area (Å²) >= 11 is 0. The standard InChI is InChI=1S/C10H11N5O/c1-7-3-2-4-8(5-7)6-11-10(16)9-12-14-15-13-9/h2-5H,6H2,1H3,(H,11,16)(H,12,13,14,15). The number of benzene rings is 1. The van der Waals surface area contributed by atoms with Gasteiger partial charge in [0, 0.05) is 6.54 Å². The average molecular weight is 217 g/mol. The minimum atomic E-state index is -0.338. The first-order valence-electron chi connectivity index (χ1n) is 4.83. The maximum Gasteiger partial charge on any atom is 0.293 e. The van der Waals surface area contributed by atoms with Crippen LogP contribution in [0.25, 0.3) is 0 Å². The van der Waals surface area contributed by atoms with Crippen LogP contribution in [0, 0.1) is 6.92 Å². The van der Waals surface area contributed by atoms with Gasteiger partial charge in [0.2, 0.25) is 0 Å². The first kappa shape index (κ1) is 10.3. The highest BCUT2D eigenvalue weighted by Crippen LogP contribution is 2.03. The van der Waals surface area contributed by atoms with Gasteiger partial charge < -0.3 is 5.32 Å². The van der Waals surface area contributed by atoms with E-state index >= 15 is 0 Å². The van der Waals surface area contributed by atoms with Crippen LogP contribution in [0.1, 0.15) is 21.7 Å². The molecule has 0 unspecified atom stereocenters. The second kappa shape index (κ2) is 4.52. The van der Waals surface area contributed by atoms with Crippen LogP contribution in [-0.4, -0.2) is 26.5 Å². The number of nitrogens with one attached hydrogen (secondary N) is 2. The third kappa shape index (κ3) is 2.41. The highest BCUT2D eigenvalue weighted by atomic mass is 16.2. The van der Waals surface area contributed by atoms with Crippen LogP contribution in [0.4, 0.5) is 0 Å². The number of hydrogen-bond acceptors (Lipinski definition) is 4. The molecule has 1 aromatic carbocycles. The summed E-state index contributed by atoms with van der Waals surface area (Å²) in [5.74, 6) is -0.289. The fourth-order valence-electron chi connectivity index (χ4n) is 1.34. The molecule has 2 aromatic rings. The van der Waals surface area contributed by atoms with Gasteiger partial charge in [-0.05, 0) is 17.7 Å². The third-order valence-electron chi connectivity index (χ3n) is 2.08. The Morgan fingerprint density at radius 2 is 2.38 bits per heavy atom. The molecule has 16 heavy (non-hydrogen) atoms. The fourth-order valence-corrected chi connectivity index (χ4v) is 1.34. The van der Waals surface area contributed by atoms with E-state index in [2.05, 4.69) is 25.9 Å². The van der Waals surface area contributed by atoms with Crippen molar-refractivity contribution in [3.05, 3.63) is 41.2 Å². The molecule has 0 aliphatic heterocycles. The molecule has 0 spiro atoms. The molecular weight excluding hydrogens is 206 g/mol. The van der Waals surface area contributed by atoms with E-state index in [1.807, 2.05) is 31.2 Å². The number of rotatable bonds is 3. The fraction of sp³-hybridized carbons (Fsp3) is 0.200. The smallest absolute Gasteiger partial charge is 0.293 e. The summed E-state index contributed by atoms with van der Waals surface area (Å²) < 4.78 is 0. The summed E-state index contributed by atoms with van der Waals surface area (Å²) in [7, 11) is 0. The van der Waals surface area contributed by atoms with Crippen molar-refractivity contribution in [3.8, 4) is 0 Å². The van der Waals surface area contributed by atoms with Crippen LogP contribution in [-0.2, 0) is 6.54 Å². The zero-order chi connectivity index (χ0) is 11.4. The van der Waals surface area contributed by atoms with Crippen molar-refractivity contribution < 1.29 is 4.79 Å². The van der Waals surface area contributed by atoms with Gasteiger partial charge in [-0.15, -0.1) is 10.2 Å². The second-order valence-corrected chi connectivity index (χ2v) is 3.41. The average Bonchev–Trinajstić information content (AvgIpc) is 2.79. The van der Waals surface area contributed by atoms with E-state index in [0.717, 1.165) is 11.1 Å². The van der Waals surface area contributed by atoms with E-state index < -0.39 is 0 Å². The number of H-pyrrole nitrogens is 1. The van der Waals surface area contributed by atoms with Crippen molar-refractivity contribution in [1.29, 1.82) is 0 Å². The summed E-state index contributed by atoms with van der Waals surface area (Å²) in [4.78, 5) is 11.5. The Hall–Kier alpha value is -2.24. The highest BCUT2D eigenvalue weighted by molar-refractivity contribution is 5.89. The van der Waals surface area contributed by atoms with Gasteiger partial charge in [0.05, 0.1) is 0 Å². The van der Waals surface area contributed by atoms with Gasteiger partial charge in [0.25, 0.3) is 11.7 Å². The Kier molecular flexibility index (Phi) is 2.90. The Bertz CT molecular complexity index is 480. The minimum Gasteiger partial charge on any atom is -0.345 e. The SMILES string of the molecule is Cc1cccc(CNC(=O)c2nn[nH]n2)c1. The van der Waals surface area contributed by atoms with Gasteiger partial charge in [-0.1, -0.05) is 29.8 Å². The second-order valence-electron chi connectivity index (χ2n) is 3.41. The number of tetrazole rings is 1. The highest BCUT2D eigenvalue weighted by Gasteiger charge is 2.09. The summed E-state index contributed by atoms with van der Waals surface area (Å²) in [5, 5.41) is 15.4. The molecule has 0 radical (unpaired) electrons. The number of carbonyl (C=O) groups is 1. The third-order valence-corrected chi connectivity index (χ3v) is 2.08. The van der Waals surface area contributed by atoms with E-state index in [4.69, 9.17) is 0 Å². The molecule has 1 amide bonds. The van der Waals surface area contributed by atoms with Gasteiger partial charge in [0.1, 0.15) is 0 Å². The molecule has 0 aliphatic carbocycles. The molecule has 2 N–H and O–H groups in total. The number of aromatic nitrogens is 4. The van der Waals surface area contributed by atoms with Crippen molar-refractivity contribution in [2.75, 3.05) is 0 Å². The van der Waals surface area contributed by atoms with Crippen LogP contribution in [0.5, 0.6) is 0 Å². The van der Waals surface area contributed by atoms with E-state index in [1.54, 1.807) is 0 Å². The molecule has 82 valence electrons. The lowest BCUT2D eigenvalue weighted by atomic mass is 10.1. The van der Waals surface area contributed by atoms with E-state index in [9.17, 15) is 4.79 Å². The van der Waals surface area contributed by atoms with Crippen molar-refractivity contribution in [1.82, 2.24) is 25.9 Å². The summed E-state index contributed by atoms with van der Waals surface area (Å²) in [6.45, 7) is 2.46. The lowest BCUT2D eigenvalue weighted by Gasteiger charge is -2.03. The lowest BCUT2D eigenvalue weighted by molar-refractivity contribution is 0.0940. The Morgan fingerprint density at radius 1 is 1.50 bits per heavy atom. The lowest BCUT2D eigenvalue weighted by Crippen LogP contribution is -2.24. The number of aryl methyl sites for hydroxylation is 1. The molecule has 0 bridgehead atoms. The number of carbonyl (C=O) groups excluding carboxylic acids is 1. The van der Waals surface area contributed by atoms with Gasteiger partial charge in [-0.25, -0.2) is 0 Å². The largest absolute Gasteiger partial charge is 0.345 e. The quantitative estimate of drug-likeness (QED) is 0.781. The normalized spacial score (nSPS) is 10.1. The Labute approximate surface area is 92.1 Å². The molecule has 2 rings (SSSR count). The predicted octanol–water partition coefficient (Wildman–Crippen LogP) is 0.438. The molecule has 0 fully saturated rings. The monoisotopic (exact) mass is 217 g/mol. The maximum absolute atomic E-state index is 11.5. The van der Waals surface area contributed by atoms with Crippen LogP contribution in [0.15, 0.2) is 24.3 Å². The van der Waals surface area contributed by atoms with Crippen molar-refractivity contribution in [2.24, 2.45) is 0 Å². The van der Waals surface area contributed by atoms with Crippen molar-refractivity contribution in [3.63, 3.8) is 0 Å². The zero-order valence-electron chi connectivity index (χ0n) is 8.77. The molecule has 0 aliphatic rings. The Morgan fingerprint density at radius 3 is 3.06 bits per heavy atom. The number of nitrogens with zero attached hydrogens (tertiary/aromatic N) is 3. The van der Waals surface area contributed by atoms with Crippen molar-refractivity contribution in [2.45, 2.75) is 13.5 Å². The Balaban J connectivity index is 1.95. The number of amides is 1. The van der Waals surface area contributed by atoms with Gasteiger partial charge in [-0.3, -0.25) is 4.79 Å². The van der Waals surface area contributed by atoms with Gasteiger partial charge >= 0.3 is 0 Å². The summed E-state index contributed by atoms with van der Waals surface area (Å²) in [6, 6.07) is 7.91.